The first kappa shape index (κ1) is 16.2. The van der Waals surface area contributed by atoms with Crippen LogP contribution in [-0.2, 0) is 11.3 Å². The van der Waals surface area contributed by atoms with Gasteiger partial charge in [-0.1, -0.05) is 24.6 Å². The van der Waals surface area contributed by atoms with E-state index < -0.39 is 0 Å². The van der Waals surface area contributed by atoms with Crippen molar-refractivity contribution in [2.75, 3.05) is 20.3 Å². The van der Waals surface area contributed by atoms with E-state index in [4.69, 9.17) is 4.74 Å². The van der Waals surface area contributed by atoms with Gasteiger partial charge in [0.05, 0.1) is 0 Å². The van der Waals surface area contributed by atoms with Crippen molar-refractivity contribution in [2.45, 2.75) is 44.7 Å². The van der Waals surface area contributed by atoms with Crippen LogP contribution in [0.2, 0.25) is 0 Å². The standard InChI is InChI=1S/C19H26N2O2/c1-23-12-6-9-17-8-4-5-11-21(17)14-16-13-15-7-2-3-10-18(15)20-19(16)22/h2-3,7,10,13,17H,4-6,8-9,11-12,14H2,1H3,(H,20,22). The van der Waals surface area contributed by atoms with Gasteiger partial charge in [-0.2, -0.15) is 0 Å². The maximum absolute atomic E-state index is 12.4. The van der Waals surface area contributed by atoms with Crippen LogP contribution in [0, 0.1) is 0 Å². The molecule has 4 heteroatoms. The fourth-order valence-electron chi connectivity index (χ4n) is 3.59. The van der Waals surface area contributed by atoms with E-state index in [1.165, 1.54) is 19.3 Å². The topological polar surface area (TPSA) is 45.3 Å². The summed E-state index contributed by atoms with van der Waals surface area (Å²) in [5.74, 6) is 0. The number of hydrogen-bond donors (Lipinski definition) is 1. The molecule has 124 valence electrons. The number of fused-ring (bicyclic) bond motifs is 1. The van der Waals surface area contributed by atoms with Crippen LogP contribution in [-0.4, -0.2) is 36.2 Å². The van der Waals surface area contributed by atoms with Crippen molar-refractivity contribution in [3.63, 3.8) is 0 Å². The first-order valence-electron chi connectivity index (χ1n) is 8.62. The van der Waals surface area contributed by atoms with Crippen molar-refractivity contribution in [2.24, 2.45) is 0 Å². The van der Waals surface area contributed by atoms with E-state index in [9.17, 15) is 4.79 Å². The molecule has 2 heterocycles. The zero-order chi connectivity index (χ0) is 16.1. The highest BCUT2D eigenvalue weighted by Gasteiger charge is 2.22. The summed E-state index contributed by atoms with van der Waals surface area (Å²) in [5, 5.41) is 1.11. The van der Waals surface area contributed by atoms with Gasteiger partial charge in [-0.25, -0.2) is 0 Å². The summed E-state index contributed by atoms with van der Waals surface area (Å²) >= 11 is 0. The number of ether oxygens (including phenoxy) is 1. The number of aromatic amines is 1. The zero-order valence-corrected chi connectivity index (χ0v) is 13.9. The number of para-hydroxylation sites is 1. The molecule has 1 fully saturated rings. The van der Waals surface area contributed by atoms with E-state index in [1.54, 1.807) is 7.11 Å². The molecule has 1 aliphatic rings. The Morgan fingerprint density at radius 3 is 3.04 bits per heavy atom. The van der Waals surface area contributed by atoms with E-state index in [0.29, 0.717) is 6.04 Å². The van der Waals surface area contributed by atoms with Crippen molar-refractivity contribution >= 4 is 10.9 Å². The maximum atomic E-state index is 12.4. The molecule has 23 heavy (non-hydrogen) atoms. The molecule has 0 bridgehead atoms. The fourth-order valence-corrected chi connectivity index (χ4v) is 3.59. The Balaban J connectivity index is 1.76. The quantitative estimate of drug-likeness (QED) is 0.832. The van der Waals surface area contributed by atoms with E-state index in [-0.39, 0.29) is 5.56 Å². The Kier molecular flexibility index (Phi) is 5.47. The van der Waals surface area contributed by atoms with Gasteiger partial charge in [0, 0.05) is 37.4 Å². The smallest absolute Gasteiger partial charge is 0.252 e. The van der Waals surface area contributed by atoms with Gasteiger partial charge >= 0.3 is 0 Å². The molecule has 4 nitrogen and oxygen atoms in total. The number of aromatic nitrogens is 1. The minimum Gasteiger partial charge on any atom is -0.385 e. The number of methoxy groups -OCH3 is 1. The largest absolute Gasteiger partial charge is 0.385 e. The second-order valence-electron chi connectivity index (χ2n) is 6.47. The third kappa shape index (κ3) is 4.01. The van der Waals surface area contributed by atoms with Crippen LogP contribution in [0.1, 0.15) is 37.7 Å². The summed E-state index contributed by atoms with van der Waals surface area (Å²) in [5.41, 5.74) is 1.84. The number of H-pyrrole nitrogens is 1. The van der Waals surface area contributed by atoms with E-state index in [2.05, 4.69) is 22.0 Å². The Morgan fingerprint density at radius 1 is 1.30 bits per heavy atom. The first-order chi connectivity index (χ1) is 11.3. The number of likely N-dealkylation sites (tertiary alicyclic amines) is 1. The highest BCUT2D eigenvalue weighted by molar-refractivity contribution is 5.78. The second kappa shape index (κ2) is 7.75. The van der Waals surface area contributed by atoms with Gasteiger partial charge in [0.1, 0.15) is 0 Å². The molecule has 1 aromatic heterocycles. The SMILES string of the molecule is COCCCC1CCCCN1Cc1cc2ccccc2[nH]c1=O. The maximum Gasteiger partial charge on any atom is 0.252 e. The summed E-state index contributed by atoms with van der Waals surface area (Å²) in [7, 11) is 1.76. The third-order valence-corrected chi connectivity index (χ3v) is 4.84. The Labute approximate surface area is 137 Å². The molecule has 1 saturated heterocycles. The summed E-state index contributed by atoms with van der Waals surface area (Å²) in [6.07, 6.45) is 5.99. The molecule has 3 rings (SSSR count). The van der Waals surface area contributed by atoms with Crippen LogP contribution >= 0.6 is 0 Å². The van der Waals surface area contributed by atoms with Crippen molar-refractivity contribution in [1.82, 2.24) is 9.88 Å². The number of hydrogen-bond acceptors (Lipinski definition) is 3. The van der Waals surface area contributed by atoms with Gasteiger partial charge in [-0.15, -0.1) is 0 Å². The van der Waals surface area contributed by atoms with E-state index >= 15 is 0 Å². The summed E-state index contributed by atoms with van der Waals surface area (Å²) in [6.45, 7) is 2.66. The predicted molar refractivity (Wildman–Crippen MR) is 93.7 cm³/mol. The monoisotopic (exact) mass is 314 g/mol. The molecular formula is C19H26N2O2. The minimum absolute atomic E-state index is 0.0462. The molecule has 1 atom stereocenters. The summed E-state index contributed by atoms with van der Waals surface area (Å²) < 4.78 is 5.18. The van der Waals surface area contributed by atoms with Crippen molar-refractivity contribution in [3.8, 4) is 0 Å². The average molecular weight is 314 g/mol. The lowest BCUT2D eigenvalue weighted by Crippen LogP contribution is -2.40. The van der Waals surface area contributed by atoms with E-state index in [1.807, 2.05) is 18.2 Å². The third-order valence-electron chi connectivity index (χ3n) is 4.84. The Bertz CT molecular complexity index is 695. The molecule has 1 aliphatic heterocycles. The minimum atomic E-state index is 0.0462. The second-order valence-corrected chi connectivity index (χ2v) is 6.47. The molecule has 0 spiro atoms. The van der Waals surface area contributed by atoms with Crippen molar-refractivity contribution in [3.05, 3.63) is 46.2 Å². The lowest BCUT2D eigenvalue weighted by molar-refractivity contribution is 0.116. The number of nitrogens with one attached hydrogen (secondary N) is 1. The van der Waals surface area contributed by atoms with Gasteiger partial charge in [0.15, 0.2) is 0 Å². The van der Waals surface area contributed by atoms with Gasteiger partial charge in [0.25, 0.3) is 5.56 Å². The molecule has 1 unspecified atom stereocenters. The molecule has 1 N–H and O–H groups in total. The summed E-state index contributed by atoms with van der Waals surface area (Å²) in [6, 6.07) is 10.6. The molecular weight excluding hydrogens is 288 g/mol. The number of piperidine rings is 1. The fraction of sp³-hybridized carbons (Fsp3) is 0.526. The molecule has 1 aromatic carbocycles. The zero-order valence-electron chi connectivity index (χ0n) is 13.9. The molecule has 0 amide bonds. The number of pyridine rings is 1. The van der Waals surface area contributed by atoms with Gasteiger partial charge in [-0.05, 0) is 49.7 Å². The van der Waals surface area contributed by atoms with Crippen LogP contribution in [0.25, 0.3) is 10.9 Å². The lowest BCUT2D eigenvalue weighted by atomic mass is 9.97. The first-order valence-corrected chi connectivity index (χ1v) is 8.62. The number of nitrogens with zero attached hydrogens (tertiary/aromatic N) is 1. The molecule has 2 aromatic rings. The van der Waals surface area contributed by atoms with Crippen LogP contribution in [0.4, 0.5) is 0 Å². The average Bonchev–Trinajstić information content (AvgIpc) is 2.57. The van der Waals surface area contributed by atoms with Crippen LogP contribution < -0.4 is 5.56 Å². The Morgan fingerprint density at radius 2 is 2.17 bits per heavy atom. The summed E-state index contributed by atoms with van der Waals surface area (Å²) in [4.78, 5) is 17.9. The van der Waals surface area contributed by atoms with Gasteiger partial charge in [0.2, 0.25) is 0 Å². The number of benzene rings is 1. The van der Waals surface area contributed by atoms with Gasteiger partial charge in [-0.3, -0.25) is 9.69 Å². The lowest BCUT2D eigenvalue weighted by Gasteiger charge is -2.35. The van der Waals surface area contributed by atoms with E-state index in [0.717, 1.165) is 49.0 Å². The molecule has 0 aliphatic carbocycles. The van der Waals surface area contributed by atoms with Crippen LogP contribution in [0.5, 0.6) is 0 Å². The van der Waals surface area contributed by atoms with Crippen LogP contribution in [0.15, 0.2) is 35.1 Å². The molecule has 0 saturated carbocycles. The van der Waals surface area contributed by atoms with Gasteiger partial charge < -0.3 is 9.72 Å². The molecule has 0 radical (unpaired) electrons. The van der Waals surface area contributed by atoms with Crippen molar-refractivity contribution < 1.29 is 4.74 Å². The normalized spacial score (nSPS) is 19.3. The highest BCUT2D eigenvalue weighted by atomic mass is 16.5. The van der Waals surface area contributed by atoms with Crippen LogP contribution in [0.3, 0.4) is 0 Å². The van der Waals surface area contributed by atoms with Crippen molar-refractivity contribution in [1.29, 1.82) is 0 Å². The highest BCUT2D eigenvalue weighted by Crippen LogP contribution is 2.23. The number of rotatable bonds is 6. The predicted octanol–water partition coefficient (Wildman–Crippen LogP) is 3.31. The Hall–Kier alpha value is -1.65.